The van der Waals surface area contributed by atoms with E-state index in [2.05, 4.69) is 0 Å². The summed E-state index contributed by atoms with van der Waals surface area (Å²) in [6, 6.07) is 1.76. The van der Waals surface area contributed by atoms with Crippen molar-refractivity contribution in [3.8, 4) is 5.75 Å². The maximum absolute atomic E-state index is 10.7. The van der Waals surface area contributed by atoms with Crippen LogP contribution in [0.5, 0.6) is 5.75 Å². The molecule has 0 atom stereocenters. The van der Waals surface area contributed by atoms with Crippen molar-refractivity contribution >= 4 is 17.9 Å². The van der Waals surface area contributed by atoms with Crippen molar-refractivity contribution in [2.75, 3.05) is 7.11 Å². The van der Waals surface area contributed by atoms with E-state index in [1.807, 2.05) is 13.8 Å². The third-order valence-electron chi connectivity index (χ3n) is 2.03. The van der Waals surface area contributed by atoms with E-state index in [0.717, 1.165) is 17.4 Å². The number of aldehydes is 1. The first-order valence-electron chi connectivity index (χ1n) is 3.90. The fraction of sp³-hybridized carbons (Fsp3) is 0.300. The Labute approximate surface area is 82.5 Å². The molecule has 0 aromatic heterocycles. The maximum atomic E-state index is 10.7. The molecule has 3 heteroatoms. The van der Waals surface area contributed by atoms with Crippen molar-refractivity contribution in [3.63, 3.8) is 0 Å². The number of halogens is 1. The number of benzene rings is 1. The zero-order chi connectivity index (χ0) is 10.0. The van der Waals surface area contributed by atoms with Gasteiger partial charge in [0.25, 0.3) is 0 Å². The summed E-state index contributed by atoms with van der Waals surface area (Å²) in [4.78, 5) is 10.7. The molecule has 2 nitrogen and oxygen atoms in total. The van der Waals surface area contributed by atoms with Crippen LogP contribution in [-0.2, 0) is 0 Å². The largest absolute Gasteiger partial charge is 0.496 e. The van der Waals surface area contributed by atoms with Gasteiger partial charge in [0.1, 0.15) is 5.75 Å². The molecule has 0 heterocycles. The molecule has 0 saturated heterocycles. The van der Waals surface area contributed by atoms with Crippen LogP contribution in [0.2, 0.25) is 5.02 Å². The molecule has 13 heavy (non-hydrogen) atoms. The van der Waals surface area contributed by atoms with Gasteiger partial charge in [-0.05, 0) is 31.0 Å². The number of methoxy groups -OCH3 is 1. The van der Waals surface area contributed by atoms with Crippen molar-refractivity contribution in [1.29, 1.82) is 0 Å². The summed E-state index contributed by atoms with van der Waals surface area (Å²) >= 11 is 5.98. The SMILES string of the molecule is COc1cc(C)c(Cl)c(C)c1C=O. The average Bonchev–Trinajstić information content (AvgIpc) is 2.13. The van der Waals surface area contributed by atoms with E-state index in [0.29, 0.717) is 16.3 Å². The van der Waals surface area contributed by atoms with Crippen molar-refractivity contribution < 1.29 is 9.53 Å². The second-order valence-corrected chi connectivity index (χ2v) is 3.24. The van der Waals surface area contributed by atoms with Gasteiger partial charge in [-0.2, -0.15) is 0 Å². The Morgan fingerprint density at radius 2 is 2.08 bits per heavy atom. The molecule has 0 radical (unpaired) electrons. The van der Waals surface area contributed by atoms with Crippen LogP contribution in [0.1, 0.15) is 21.5 Å². The molecule has 1 aromatic rings. The molecule has 0 spiro atoms. The van der Waals surface area contributed by atoms with Crippen LogP contribution >= 0.6 is 11.6 Å². The predicted molar refractivity (Wildman–Crippen MR) is 52.9 cm³/mol. The minimum Gasteiger partial charge on any atom is -0.496 e. The van der Waals surface area contributed by atoms with Crippen LogP contribution in [0.3, 0.4) is 0 Å². The van der Waals surface area contributed by atoms with Gasteiger partial charge >= 0.3 is 0 Å². The molecule has 70 valence electrons. The van der Waals surface area contributed by atoms with E-state index in [1.54, 1.807) is 6.07 Å². The average molecular weight is 199 g/mol. The lowest BCUT2D eigenvalue weighted by atomic mass is 10.1. The van der Waals surface area contributed by atoms with Crippen LogP contribution in [0.25, 0.3) is 0 Å². The Morgan fingerprint density at radius 3 is 2.54 bits per heavy atom. The first-order chi connectivity index (χ1) is 6.11. The molecule has 0 N–H and O–H groups in total. The molecule has 0 amide bonds. The molecular formula is C10H11ClO2. The Balaban J connectivity index is 3.47. The lowest BCUT2D eigenvalue weighted by Gasteiger charge is -2.10. The summed E-state index contributed by atoms with van der Waals surface area (Å²) in [6.45, 7) is 3.69. The highest BCUT2D eigenvalue weighted by Gasteiger charge is 2.11. The summed E-state index contributed by atoms with van der Waals surface area (Å²) in [6.07, 6.45) is 0.763. The van der Waals surface area contributed by atoms with E-state index >= 15 is 0 Å². The third-order valence-corrected chi connectivity index (χ3v) is 2.61. The lowest BCUT2D eigenvalue weighted by molar-refractivity contribution is 0.112. The van der Waals surface area contributed by atoms with Gasteiger partial charge < -0.3 is 4.74 Å². The minimum atomic E-state index is 0.526. The van der Waals surface area contributed by atoms with E-state index in [-0.39, 0.29) is 0 Å². The smallest absolute Gasteiger partial charge is 0.154 e. The van der Waals surface area contributed by atoms with Gasteiger partial charge in [-0.1, -0.05) is 11.6 Å². The molecule has 0 fully saturated rings. The molecule has 0 unspecified atom stereocenters. The van der Waals surface area contributed by atoms with E-state index in [1.165, 1.54) is 7.11 Å². The standard InChI is InChI=1S/C10H11ClO2/c1-6-4-9(13-3)8(5-12)7(2)10(6)11/h4-5H,1-3H3. The highest BCUT2D eigenvalue weighted by atomic mass is 35.5. The van der Waals surface area contributed by atoms with Crippen molar-refractivity contribution in [1.82, 2.24) is 0 Å². The Kier molecular flexibility index (Phi) is 2.94. The zero-order valence-corrected chi connectivity index (χ0v) is 8.61. The first kappa shape index (κ1) is 10.1. The van der Waals surface area contributed by atoms with Gasteiger partial charge in [0.15, 0.2) is 6.29 Å². The Hall–Kier alpha value is -1.02. The number of hydrogen-bond donors (Lipinski definition) is 0. The summed E-state index contributed by atoms with van der Waals surface area (Å²) in [5, 5.41) is 0.628. The van der Waals surface area contributed by atoms with Gasteiger partial charge in [-0.3, -0.25) is 4.79 Å². The normalized spacial score (nSPS) is 9.85. The molecule has 1 aromatic carbocycles. The maximum Gasteiger partial charge on any atom is 0.154 e. The van der Waals surface area contributed by atoms with Gasteiger partial charge in [0, 0.05) is 5.02 Å². The van der Waals surface area contributed by atoms with Gasteiger partial charge in [0.2, 0.25) is 0 Å². The van der Waals surface area contributed by atoms with E-state index in [9.17, 15) is 4.79 Å². The number of hydrogen-bond acceptors (Lipinski definition) is 2. The fourth-order valence-electron chi connectivity index (χ4n) is 1.25. The third kappa shape index (κ3) is 1.68. The molecule has 0 bridgehead atoms. The quantitative estimate of drug-likeness (QED) is 0.684. The number of ether oxygens (including phenoxy) is 1. The topological polar surface area (TPSA) is 26.3 Å². The highest BCUT2D eigenvalue weighted by Crippen LogP contribution is 2.29. The number of carbonyl (C=O) groups excluding carboxylic acids is 1. The van der Waals surface area contributed by atoms with Gasteiger partial charge in [-0.25, -0.2) is 0 Å². The van der Waals surface area contributed by atoms with Crippen LogP contribution in [0.15, 0.2) is 6.07 Å². The van der Waals surface area contributed by atoms with Crippen LogP contribution in [0, 0.1) is 13.8 Å². The summed E-state index contributed by atoms with van der Waals surface area (Å²) < 4.78 is 5.06. The molecule has 0 aliphatic heterocycles. The fourth-order valence-corrected chi connectivity index (χ4v) is 1.41. The molecule has 0 aliphatic rings. The summed E-state index contributed by atoms with van der Waals surface area (Å²) in [5.74, 6) is 0.578. The summed E-state index contributed by atoms with van der Waals surface area (Å²) in [5.41, 5.74) is 2.22. The van der Waals surface area contributed by atoms with Gasteiger partial charge in [0.05, 0.1) is 12.7 Å². The van der Waals surface area contributed by atoms with Crippen LogP contribution in [0.4, 0.5) is 0 Å². The van der Waals surface area contributed by atoms with Crippen LogP contribution < -0.4 is 4.74 Å². The molecule has 1 rings (SSSR count). The number of aryl methyl sites for hydroxylation is 1. The zero-order valence-electron chi connectivity index (χ0n) is 7.85. The lowest BCUT2D eigenvalue weighted by Crippen LogP contribution is -1.96. The van der Waals surface area contributed by atoms with Crippen molar-refractivity contribution in [2.24, 2.45) is 0 Å². The Morgan fingerprint density at radius 1 is 1.46 bits per heavy atom. The second kappa shape index (κ2) is 3.79. The van der Waals surface area contributed by atoms with Crippen LogP contribution in [-0.4, -0.2) is 13.4 Å². The minimum absolute atomic E-state index is 0.526. The van der Waals surface area contributed by atoms with Gasteiger partial charge in [-0.15, -0.1) is 0 Å². The first-order valence-corrected chi connectivity index (χ1v) is 4.28. The Bertz CT molecular complexity index is 345. The molecule has 0 aliphatic carbocycles. The number of carbonyl (C=O) groups is 1. The molecular weight excluding hydrogens is 188 g/mol. The van der Waals surface area contributed by atoms with Crippen molar-refractivity contribution in [3.05, 3.63) is 27.8 Å². The van der Waals surface area contributed by atoms with E-state index < -0.39 is 0 Å². The summed E-state index contributed by atoms with van der Waals surface area (Å²) in [7, 11) is 1.54. The monoisotopic (exact) mass is 198 g/mol. The highest BCUT2D eigenvalue weighted by molar-refractivity contribution is 6.32. The van der Waals surface area contributed by atoms with Crippen molar-refractivity contribution in [2.45, 2.75) is 13.8 Å². The number of rotatable bonds is 2. The van der Waals surface area contributed by atoms with E-state index in [4.69, 9.17) is 16.3 Å². The predicted octanol–water partition coefficient (Wildman–Crippen LogP) is 2.78. The molecule has 0 saturated carbocycles. The second-order valence-electron chi connectivity index (χ2n) is 2.87.